The summed E-state index contributed by atoms with van der Waals surface area (Å²) in [7, 11) is 0. The van der Waals surface area contributed by atoms with Crippen LogP contribution in [0.15, 0.2) is 47.1 Å². The van der Waals surface area contributed by atoms with Gasteiger partial charge in [0.25, 0.3) is 0 Å². The Balaban J connectivity index is 1.57. The van der Waals surface area contributed by atoms with E-state index in [0.717, 1.165) is 34.6 Å². The molecule has 3 rings (SSSR count). The molecule has 0 unspecified atom stereocenters. The first kappa shape index (κ1) is 17.0. The molecule has 4 nitrogen and oxygen atoms in total. The van der Waals surface area contributed by atoms with Gasteiger partial charge < -0.3 is 10.2 Å². The molecule has 5 heteroatoms. The maximum atomic E-state index is 12.1. The average Bonchev–Trinajstić information content (AvgIpc) is 2.87. The number of amides is 1. The van der Waals surface area contributed by atoms with E-state index in [1.165, 1.54) is 25.7 Å². The van der Waals surface area contributed by atoms with Crippen molar-refractivity contribution in [2.75, 3.05) is 23.3 Å². The molecule has 0 aliphatic carbocycles. The Labute approximate surface area is 151 Å². The van der Waals surface area contributed by atoms with E-state index >= 15 is 0 Å². The smallest absolute Gasteiger partial charge is 0.228 e. The number of rotatable bonds is 4. The van der Waals surface area contributed by atoms with E-state index in [2.05, 4.69) is 31.1 Å². The molecule has 1 aliphatic rings. The largest absolute Gasteiger partial charge is 0.357 e. The van der Waals surface area contributed by atoms with Gasteiger partial charge in [-0.05, 0) is 42.7 Å². The highest BCUT2D eigenvalue weighted by atomic mass is 79.9. The number of pyridine rings is 1. The summed E-state index contributed by atoms with van der Waals surface area (Å²) in [5.41, 5.74) is 1.74. The summed E-state index contributed by atoms with van der Waals surface area (Å²) in [5.74, 6) is 0.976. The van der Waals surface area contributed by atoms with Gasteiger partial charge >= 0.3 is 0 Å². The fraction of sp³-hybridized carbons (Fsp3) is 0.368. The highest BCUT2D eigenvalue weighted by Gasteiger charge is 2.11. The Morgan fingerprint density at radius 1 is 1.04 bits per heavy atom. The number of anilines is 2. The first-order chi connectivity index (χ1) is 11.7. The van der Waals surface area contributed by atoms with Crippen LogP contribution >= 0.6 is 15.9 Å². The van der Waals surface area contributed by atoms with E-state index in [1.807, 2.05) is 36.4 Å². The van der Waals surface area contributed by atoms with Crippen LogP contribution in [0.25, 0.3) is 0 Å². The Hall–Kier alpha value is -1.88. The van der Waals surface area contributed by atoms with Gasteiger partial charge in [0.05, 0.1) is 18.3 Å². The lowest BCUT2D eigenvalue weighted by Crippen LogP contribution is -2.24. The third-order valence-corrected chi connectivity index (χ3v) is 4.77. The predicted molar refractivity (Wildman–Crippen MR) is 101 cm³/mol. The number of halogens is 1. The van der Waals surface area contributed by atoms with Crippen LogP contribution in [0.5, 0.6) is 0 Å². The highest BCUT2D eigenvalue weighted by molar-refractivity contribution is 9.10. The van der Waals surface area contributed by atoms with Gasteiger partial charge in [-0.3, -0.25) is 4.79 Å². The molecule has 1 saturated heterocycles. The van der Waals surface area contributed by atoms with Gasteiger partial charge in [-0.1, -0.05) is 40.9 Å². The van der Waals surface area contributed by atoms with Crippen LogP contribution in [0.2, 0.25) is 0 Å². The van der Waals surface area contributed by atoms with Gasteiger partial charge in [0.2, 0.25) is 5.91 Å². The lowest BCUT2D eigenvalue weighted by Gasteiger charge is -2.21. The molecule has 0 bridgehead atoms. The Bertz CT molecular complexity index is 662. The van der Waals surface area contributed by atoms with Crippen LogP contribution in [0.3, 0.4) is 0 Å². The zero-order valence-electron chi connectivity index (χ0n) is 13.7. The molecule has 2 aromatic rings. The van der Waals surface area contributed by atoms with Crippen molar-refractivity contribution < 1.29 is 4.79 Å². The maximum Gasteiger partial charge on any atom is 0.228 e. The van der Waals surface area contributed by atoms with Crippen molar-refractivity contribution in [3.05, 3.63) is 52.6 Å². The second kappa shape index (κ2) is 8.29. The van der Waals surface area contributed by atoms with Crippen LogP contribution in [0.4, 0.5) is 11.5 Å². The molecular weight excluding hydrogens is 366 g/mol. The fourth-order valence-electron chi connectivity index (χ4n) is 2.94. The van der Waals surface area contributed by atoms with E-state index in [1.54, 1.807) is 6.20 Å². The van der Waals surface area contributed by atoms with E-state index in [-0.39, 0.29) is 5.91 Å². The molecule has 0 atom stereocenters. The minimum absolute atomic E-state index is 0.0263. The molecule has 126 valence electrons. The summed E-state index contributed by atoms with van der Waals surface area (Å²) in [4.78, 5) is 19.0. The van der Waals surface area contributed by atoms with E-state index in [0.29, 0.717) is 6.42 Å². The second-order valence-corrected chi connectivity index (χ2v) is 7.07. The Morgan fingerprint density at radius 3 is 2.38 bits per heavy atom. The number of benzene rings is 1. The number of nitrogens with one attached hydrogen (secondary N) is 1. The van der Waals surface area contributed by atoms with Crippen LogP contribution in [-0.4, -0.2) is 24.0 Å². The molecular formula is C19H22BrN3O. The topological polar surface area (TPSA) is 45.2 Å². The number of hydrogen-bond donors (Lipinski definition) is 1. The summed E-state index contributed by atoms with van der Waals surface area (Å²) in [5, 5.41) is 2.92. The van der Waals surface area contributed by atoms with Crippen molar-refractivity contribution in [3.8, 4) is 0 Å². The Kier molecular flexibility index (Phi) is 5.86. The third-order valence-electron chi connectivity index (χ3n) is 4.24. The molecule has 1 aliphatic heterocycles. The zero-order chi connectivity index (χ0) is 16.8. The Morgan fingerprint density at radius 2 is 1.75 bits per heavy atom. The summed E-state index contributed by atoms with van der Waals surface area (Å²) >= 11 is 3.40. The summed E-state index contributed by atoms with van der Waals surface area (Å²) < 4.78 is 1.01. The monoisotopic (exact) mass is 387 g/mol. The van der Waals surface area contributed by atoms with Crippen LogP contribution < -0.4 is 10.2 Å². The van der Waals surface area contributed by atoms with Crippen molar-refractivity contribution in [2.45, 2.75) is 32.1 Å². The van der Waals surface area contributed by atoms with Crippen LogP contribution in [0, 0.1) is 0 Å². The van der Waals surface area contributed by atoms with Crippen molar-refractivity contribution in [1.29, 1.82) is 0 Å². The number of hydrogen-bond acceptors (Lipinski definition) is 3. The van der Waals surface area contributed by atoms with Crippen molar-refractivity contribution in [2.24, 2.45) is 0 Å². The average molecular weight is 388 g/mol. The summed E-state index contributed by atoms with van der Waals surface area (Å²) in [6.07, 6.45) is 7.18. The lowest BCUT2D eigenvalue weighted by molar-refractivity contribution is -0.115. The third kappa shape index (κ3) is 4.81. The van der Waals surface area contributed by atoms with Crippen LogP contribution in [-0.2, 0) is 11.2 Å². The standard InChI is InChI=1S/C19H22BrN3O/c20-16-7-5-15(6-8-16)13-19(24)22-17-9-10-18(21-14-17)23-11-3-1-2-4-12-23/h5-10,14H,1-4,11-13H2,(H,22,24). The fourth-order valence-corrected chi connectivity index (χ4v) is 3.20. The molecule has 2 heterocycles. The maximum absolute atomic E-state index is 12.1. The molecule has 0 radical (unpaired) electrons. The SMILES string of the molecule is O=C(Cc1ccc(Br)cc1)Nc1ccc(N2CCCCCC2)nc1. The predicted octanol–water partition coefficient (Wildman–Crippen LogP) is 4.41. The number of carbonyl (C=O) groups is 1. The van der Waals surface area contributed by atoms with Crippen molar-refractivity contribution in [3.63, 3.8) is 0 Å². The second-order valence-electron chi connectivity index (χ2n) is 6.16. The van der Waals surface area contributed by atoms with Gasteiger partial charge in [-0.15, -0.1) is 0 Å². The molecule has 1 fully saturated rings. The van der Waals surface area contributed by atoms with E-state index in [9.17, 15) is 4.79 Å². The molecule has 1 aromatic heterocycles. The van der Waals surface area contributed by atoms with Crippen LogP contribution in [0.1, 0.15) is 31.2 Å². The quantitative estimate of drug-likeness (QED) is 0.844. The molecule has 0 spiro atoms. The molecule has 1 amide bonds. The van der Waals surface area contributed by atoms with Gasteiger partial charge in [0.15, 0.2) is 0 Å². The van der Waals surface area contributed by atoms with Gasteiger partial charge in [0.1, 0.15) is 5.82 Å². The minimum atomic E-state index is -0.0263. The summed E-state index contributed by atoms with van der Waals surface area (Å²) in [6.45, 7) is 2.14. The lowest BCUT2D eigenvalue weighted by atomic mass is 10.1. The first-order valence-electron chi connectivity index (χ1n) is 8.46. The van der Waals surface area contributed by atoms with Crippen molar-refractivity contribution in [1.82, 2.24) is 4.98 Å². The number of aromatic nitrogens is 1. The summed E-state index contributed by atoms with van der Waals surface area (Å²) in [6, 6.07) is 11.7. The van der Waals surface area contributed by atoms with Gasteiger partial charge in [0, 0.05) is 17.6 Å². The number of carbonyl (C=O) groups excluding carboxylic acids is 1. The minimum Gasteiger partial charge on any atom is -0.357 e. The first-order valence-corrected chi connectivity index (χ1v) is 9.25. The van der Waals surface area contributed by atoms with Gasteiger partial charge in [-0.25, -0.2) is 4.98 Å². The normalized spacial score (nSPS) is 15.0. The molecule has 1 aromatic carbocycles. The van der Waals surface area contributed by atoms with Gasteiger partial charge in [-0.2, -0.15) is 0 Å². The highest BCUT2D eigenvalue weighted by Crippen LogP contribution is 2.19. The molecule has 1 N–H and O–H groups in total. The van der Waals surface area contributed by atoms with Crippen molar-refractivity contribution >= 4 is 33.3 Å². The molecule has 0 saturated carbocycles. The zero-order valence-corrected chi connectivity index (χ0v) is 15.3. The van der Waals surface area contributed by atoms with E-state index in [4.69, 9.17) is 0 Å². The number of nitrogens with zero attached hydrogens (tertiary/aromatic N) is 2. The molecule has 24 heavy (non-hydrogen) atoms. The van der Waals surface area contributed by atoms with E-state index < -0.39 is 0 Å².